The Morgan fingerprint density at radius 1 is 1.00 bits per heavy atom. The zero-order valence-electron chi connectivity index (χ0n) is 18.5. The van der Waals surface area contributed by atoms with Crippen LogP contribution < -0.4 is 9.46 Å². The third-order valence-corrected chi connectivity index (χ3v) is 6.61. The Balaban J connectivity index is 1.70. The van der Waals surface area contributed by atoms with Crippen molar-refractivity contribution >= 4 is 21.7 Å². The molecule has 0 unspecified atom stereocenters. The summed E-state index contributed by atoms with van der Waals surface area (Å²) in [4.78, 5) is 22.0. The first kappa shape index (κ1) is 24.9. The van der Waals surface area contributed by atoms with E-state index in [0.717, 1.165) is 11.1 Å². The van der Waals surface area contributed by atoms with E-state index in [1.165, 1.54) is 18.2 Å². The molecule has 0 saturated carbocycles. The largest absolute Gasteiger partial charge is 0.489 e. The molecular weight excluding hydrogens is 460 g/mol. The summed E-state index contributed by atoms with van der Waals surface area (Å²) in [7, 11) is -4.00. The first-order chi connectivity index (χ1) is 16.1. The molecule has 178 valence electrons. The Morgan fingerprint density at radius 3 is 2.09 bits per heavy atom. The van der Waals surface area contributed by atoms with Crippen LogP contribution in [0.5, 0.6) is 5.75 Å². The van der Waals surface area contributed by atoms with Crippen molar-refractivity contribution in [2.24, 2.45) is 5.92 Å². The molecule has 0 spiro atoms. The fourth-order valence-electron chi connectivity index (χ4n) is 3.25. The van der Waals surface area contributed by atoms with Crippen LogP contribution in [0, 0.1) is 16.0 Å². The molecule has 0 heterocycles. The van der Waals surface area contributed by atoms with Crippen LogP contribution in [-0.4, -0.2) is 30.5 Å². The van der Waals surface area contributed by atoms with Crippen molar-refractivity contribution in [1.82, 2.24) is 4.72 Å². The van der Waals surface area contributed by atoms with E-state index in [9.17, 15) is 28.4 Å². The summed E-state index contributed by atoms with van der Waals surface area (Å²) in [5.74, 6) is -1.13. The average Bonchev–Trinajstić information content (AvgIpc) is 2.81. The number of nitrogens with one attached hydrogen (secondary N) is 1. The third-order valence-electron chi connectivity index (χ3n) is 5.15. The number of hydrogen-bond acceptors (Lipinski definition) is 6. The second-order valence-electron chi connectivity index (χ2n) is 7.90. The summed E-state index contributed by atoms with van der Waals surface area (Å²) in [6.07, 6.45) is 0. The predicted octanol–water partition coefficient (Wildman–Crippen LogP) is 4.23. The summed E-state index contributed by atoms with van der Waals surface area (Å²) in [5.41, 5.74) is 2.01. The quantitative estimate of drug-likeness (QED) is 0.325. The van der Waals surface area contributed by atoms with E-state index >= 15 is 0 Å². The van der Waals surface area contributed by atoms with E-state index in [1.54, 1.807) is 68.4 Å². The van der Waals surface area contributed by atoms with Gasteiger partial charge < -0.3 is 9.84 Å². The molecule has 0 fully saturated rings. The molecule has 3 rings (SSSR count). The first-order valence-corrected chi connectivity index (χ1v) is 11.9. The van der Waals surface area contributed by atoms with Gasteiger partial charge in [-0.15, -0.1) is 0 Å². The molecule has 0 aliphatic heterocycles. The monoisotopic (exact) mass is 484 g/mol. The molecule has 0 saturated heterocycles. The Kier molecular flexibility index (Phi) is 7.64. The van der Waals surface area contributed by atoms with E-state index in [2.05, 4.69) is 4.72 Å². The summed E-state index contributed by atoms with van der Waals surface area (Å²) in [6.45, 7) is 3.29. The van der Waals surface area contributed by atoms with Gasteiger partial charge in [0.15, 0.2) is 0 Å². The van der Waals surface area contributed by atoms with Gasteiger partial charge in [-0.3, -0.25) is 14.9 Å². The van der Waals surface area contributed by atoms with Crippen LogP contribution in [0.4, 0.5) is 5.69 Å². The number of sulfonamides is 1. The van der Waals surface area contributed by atoms with E-state index in [0.29, 0.717) is 11.3 Å². The van der Waals surface area contributed by atoms with E-state index < -0.39 is 32.9 Å². The van der Waals surface area contributed by atoms with Gasteiger partial charge >= 0.3 is 5.97 Å². The van der Waals surface area contributed by atoms with Crippen molar-refractivity contribution in [3.63, 3.8) is 0 Å². The van der Waals surface area contributed by atoms with Crippen LogP contribution >= 0.6 is 0 Å². The van der Waals surface area contributed by atoms with Gasteiger partial charge in [-0.2, -0.15) is 4.72 Å². The maximum Gasteiger partial charge on any atom is 0.322 e. The number of carboxylic acid groups (broad SMARTS) is 1. The molecule has 0 bridgehead atoms. The van der Waals surface area contributed by atoms with Crippen LogP contribution in [-0.2, 0) is 21.4 Å². The van der Waals surface area contributed by atoms with Crippen molar-refractivity contribution in [3.05, 3.63) is 88.5 Å². The number of benzene rings is 3. The summed E-state index contributed by atoms with van der Waals surface area (Å²) >= 11 is 0. The highest BCUT2D eigenvalue weighted by Gasteiger charge is 2.28. The summed E-state index contributed by atoms with van der Waals surface area (Å²) in [6, 6.07) is 18.2. The number of carbonyl (C=O) groups is 1. The van der Waals surface area contributed by atoms with Crippen LogP contribution in [0.25, 0.3) is 11.1 Å². The molecule has 0 aliphatic rings. The van der Waals surface area contributed by atoms with Gasteiger partial charge in [-0.1, -0.05) is 50.2 Å². The number of para-hydroxylation sites is 1. The van der Waals surface area contributed by atoms with E-state index in [-0.39, 0.29) is 17.2 Å². The highest BCUT2D eigenvalue weighted by molar-refractivity contribution is 7.89. The lowest BCUT2D eigenvalue weighted by atomic mass is 10.1. The molecule has 0 radical (unpaired) electrons. The van der Waals surface area contributed by atoms with Crippen molar-refractivity contribution in [1.29, 1.82) is 0 Å². The van der Waals surface area contributed by atoms with Gasteiger partial charge in [0.1, 0.15) is 18.4 Å². The van der Waals surface area contributed by atoms with Gasteiger partial charge in [0.2, 0.25) is 10.0 Å². The number of carboxylic acids is 1. The van der Waals surface area contributed by atoms with Crippen molar-refractivity contribution < 1.29 is 28.0 Å². The number of rotatable bonds is 10. The standard InChI is InChI=1S/C24H24N2O7S/c1-16(2)23(24(27)28)25-34(31,32)21-13-9-18(10-14-21)17-7-11-20(12-8-17)33-15-19-5-3-4-6-22(19)26(29)30/h3-14,16,23,25H,15H2,1-2H3,(H,27,28)/t23-/m1/s1. The Labute approximate surface area is 197 Å². The molecule has 9 nitrogen and oxygen atoms in total. The normalized spacial score (nSPS) is 12.3. The molecule has 3 aromatic carbocycles. The van der Waals surface area contributed by atoms with Gasteiger partial charge in [0.25, 0.3) is 5.69 Å². The number of hydrogen-bond donors (Lipinski definition) is 2. The highest BCUT2D eigenvalue weighted by Crippen LogP contribution is 2.25. The minimum atomic E-state index is -4.00. The lowest BCUT2D eigenvalue weighted by Gasteiger charge is -2.18. The zero-order valence-corrected chi connectivity index (χ0v) is 19.4. The minimum absolute atomic E-state index is 0.00767. The number of ether oxygens (including phenoxy) is 1. The number of nitro benzene ring substituents is 1. The molecule has 34 heavy (non-hydrogen) atoms. The first-order valence-electron chi connectivity index (χ1n) is 10.4. The Hall–Kier alpha value is -3.76. The molecule has 2 N–H and O–H groups in total. The van der Waals surface area contributed by atoms with Crippen molar-refractivity contribution in [2.75, 3.05) is 0 Å². The molecule has 10 heteroatoms. The number of aliphatic carboxylic acids is 1. The topological polar surface area (TPSA) is 136 Å². The predicted molar refractivity (Wildman–Crippen MR) is 126 cm³/mol. The van der Waals surface area contributed by atoms with Crippen molar-refractivity contribution in [3.8, 4) is 16.9 Å². The maximum absolute atomic E-state index is 12.6. The fraction of sp³-hybridized carbons (Fsp3) is 0.208. The van der Waals surface area contributed by atoms with Gasteiger partial charge in [0, 0.05) is 6.07 Å². The smallest absolute Gasteiger partial charge is 0.322 e. The Bertz CT molecular complexity index is 1270. The summed E-state index contributed by atoms with van der Waals surface area (Å²) in [5, 5.41) is 20.4. The second kappa shape index (κ2) is 10.4. The Morgan fingerprint density at radius 2 is 1.56 bits per heavy atom. The lowest BCUT2D eigenvalue weighted by Crippen LogP contribution is -2.44. The number of nitro groups is 1. The molecular formula is C24H24N2O7S. The highest BCUT2D eigenvalue weighted by atomic mass is 32.2. The maximum atomic E-state index is 12.6. The third kappa shape index (κ3) is 5.97. The van der Waals surface area contributed by atoms with Crippen LogP contribution in [0.3, 0.4) is 0 Å². The summed E-state index contributed by atoms with van der Waals surface area (Å²) < 4.78 is 33.0. The fourth-order valence-corrected chi connectivity index (χ4v) is 4.59. The molecule has 0 amide bonds. The van der Waals surface area contributed by atoms with Gasteiger partial charge in [0.05, 0.1) is 15.4 Å². The number of nitrogens with zero attached hydrogens (tertiary/aromatic N) is 1. The zero-order chi connectivity index (χ0) is 24.9. The van der Waals surface area contributed by atoms with Crippen molar-refractivity contribution in [2.45, 2.75) is 31.4 Å². The minimum Gasteiger partial charge on any atom is -0.489 e. The molecule has 0 aromatic heterocycles. The molecule has 0 aliphatic carbocycles. The SMILES string of the molecule is CC(C)[C@@H](NS(=O)(=O)c1ccc(-c2ccc(OCc3ccccc3[N+](=O)[O-])cc2)cc1)C(=O)O. The second-order valence-corrected chi connectivity index (χ2v) is 9.62. The van der Waals surface area contributed by atoms with Gasteiger partial charge in [-0.05, 0) is 47.4 Å². The van der Waals surface area contributed by atoms with Crippen LogP contribution in [0.15, 0.2) is 77.7 Å². The molecule has 1 atom stereocenters. The molecule has 3 aromatic rings. The van der Waals surface area contributed by atoms with E-state index in [4.69, 9.17) is 4.74 Å². The van der Waals surface area contributed by atoms with Crippen LogP contribution in [0.1, 0.15) is 19.4 Å². The van der Waals surface area contributed by atoms with Crippen LogP contribution in [0.2, 0.25) is 0 Å². The van der Waals surface area contributed by atoms with Gasteiger partial charge in [-0.25, -0.2) is 8.42 Å². The lowest BCUT2D eigenvalue weighted by molar-refractivity contribution is -0.385. The average molecular weight is 485 g/mol. The van der Waals surface area contributed by atoms with E-state index in [1.807, 2.05) is 0 Å².